The SMILES string of the molecule is CC(=O)c1c(C2CCN(C)CC2)nc2c(-c3ccc(-c4ccc(=O)[nH]c4)nc3)cnn2c1N.CCC=O. The molecule has 0 aliphatic carbocycles. The number of pyridine rings is 2. The van der Waals surface area contributed by atoms with Gasteiger partial charge in [-0.1, -0.05) is 13.0 Å². The van der Waals surface area contributed by atoms with Gasteiger partial charge in [-0.05, 0) is 52.0 Å². The summed E-state index contributed by atoms with van der Waals surface area (Å²) in [6.07, 6.45) is 8.47. The van der Waals surface area contributed by atoms with E-state index < -0.39 is 0 Å². The van der Waals surface area contributed by atoms with Gasteiger partial charge in [0.05, 0.1) is 23.1 Å². The van der Waals surface area contributed by atoms with Gasteiger partial charge in [0, 0.05) is 47.5 Å². The third-order valence-corrected chi connectivity index (χ3v) is 6.49. The molecule has 192 valence electrons. The highest BCUT2D eigenvalue weighted by molar-refractivity contribution is 6.00. The Balaban J connectivity index is 0.000000747. The Bertz CT molecular complexity index is 1450. The molecular formula is C27H31N7O3. The maximum Gasteiger partial charge on any atom is 0.247 e. The van der Waals surface area contributed by atoms with E-state index in [1.165, 1.54) is 13.0 Å². The number of H-pyrrole nitrogens is 1. The van der Waals surface area contributed by atoms with Crippen molar-refractivity contribution in [2.45, 2.75) is 39.0 Å². The van der Waals surface area contributed by atoms with Crippen molar-refractivity contribution >= 4 is 23.5 Å². The number of aldehydes is 1. The molecule has 0 amide bonds. The molecule has 0 spiro atoms. The number of piperidine rings is 1. The van der Waals surface area contributed by atoms with Crippen LogP contribution in [0.15, 0.2) is 47.7 Å². The summed E-state index contributed by atoms with van der Waals surface area (Å²) in [5.74, 6) is 0.404. The van der Waals surface area contributed by atoms with Gasteiger partial charge in [0.1, 0.15) is 12.1 Å². The quantitative estimate of drug-likeness (QED) is 0.314. The van der Waals surface area contributed by atoms with Crippen LogP contribution in [0, 0.1) is 0 Å². The van der Waals surface area contributed by atoms with E-state index in [1.54, 1.807) is 29.2 Å². The van der Waals surface area contributed by atoms with E-state index in [2.05, 4.69) is 27.0 Å². The third kappa shape index (κ3) is 5.49. The summed E-state index contributed by atoms with van der Waals surface area (Å²) in [6, 6.07) is 7.03. The van der Waals surface area contributed by atoms with Crippen LogP contribution in [0.5, 0.6) is 0 Å². The smallest absolute Gasteiger partial charge is 0.247 e. The van der Waals surface area contributed by atoms with Crippen molar-refractivity contribution in [1.82, 2.24) is 29.5 Å². The molecule has 0 unspecified atom stereocenters. The summed E-state index contributed by atoms with van der Waals surface area (Å²) in [7, 11) is 2.10. The molecule has 1 fully saturated rings. The first kappa shape index (κ1) is 25.9. The van der Waals surface area contributed by atoms with Crippen LogP contribution in [0.25, 0.3) is 28.0 Å². The Morgan fingerprint density at radius 1 is 1.16 bits per heavy atom. The van der Waals surface area contributed by atoms with Crippen molar-refractivity contribution < 1.29 is 9.59 Å². The first-order valence-electron chi connectivity index (χ1n) is 12.3. The second-order valence-electron chi connectivity index (χ2n) is 9.13. The zero-order valence-corrected chi connectivity index (χ0v) is 21.3. The van der Waals surface area contributed by atoms with Crippen LogP contribution >= 0.6 is 0 Å². The topological polar surface area (TPSA) is 139 Å². The highest BCUT2D eigenvalue weighted by Gasteiger charge is 2.28. The van der Waals surface area contributed by atoms with Gasteiger partial charge in [-0.3, -0.25) is 14.6 Å². The summed E-state index contributed by atoms with van der Waals surface area (Å²) in [4.78, 5) is 47.4. The summed E-state index contributed by atoms with van der Waals surface area (Å²) >= 11 is 0. The number of aromatic nitrogens is 5. The molecule has 4 aromatic heterocycles. The van der Waals surface area contributed by atoms with E-state index in [1.807, 2.05) is 19.1 Å². The zero-order valence-electron chi connectivity index (χ0n) is 21.3. The Labute approximate surface area is 214 Å². The van der Waals surface area contributed by atoms with Crippen LogP contribution in [0.1, 0.15) is 55.1 Å². The highest BCUT2D eigenvalue weighted by atomic mass is 16.1. The van der Waals surface area contributed by atoms with E-state index in [9.17, 15) is 14.4 Å². The number of ketones is 1. The minimum Gasteiger partial charge on any atom is -0.383 e. The molecule has 1 aliphatic rings. The average molecular weight is 502 g/mol. The number of nitrogens with zero attached hydrogens (tertiary/aromatic N) is 5. The van der Waals surface area contributed by atoms with E-state index in [4.69, 9.17) is 10.7 Å². The lowest BCUT2D eigenvalue weighted by atomic mass is 9.89. The molecule has 0 bridgehead atoms. The first-order chi connectivity index (χ1) is 17.8. The van der Waals surface area contributed by atoms with Crippen LogP contribution in [0.2, 0.25) is 0 Å². The van der Waals surface area contributed by atoms with Crippen LogP contribution in [0.4, 0.5) is 5.82 Å². The predicted octanol–water partition coefficient (Wildman–Crippen LogP) is 3.34. The Morgan fingerprint density at radius 3 is 2.43 bits per heavy atom. The molecule has 0 saturated carbocycles. The molecule has 10 heteroatoms. The number of nitrogen functional groups attached to an aromatic ring is 1. The fourth-order valence-corrected chi connectivity index (χ4v) is 4.47. The van der Waals surface area contributed by atoms with Gasteiger partial charge in [0.2, 0.25) is 5.56 Å². The van der Waals surface area contributed by atoms with Gasteiger partial charge in [0.25, 0.3) is 0 Å². The standard InChI is InChI=1S/C24H25N7O2.C3H6O/c1-14(32)21-22(15-7-9-30(2)10-8-15)29-24-18(13-28-31(24)23(21)25)16-3-5-19(26-11-16)17-4-6-20(33)27-12-17;1-2-3-4/h3-6,11-13,15H,7-10,25H2,1-2H3,(H,27,33);3H,2H2,1H3. The molecule has 0 radical (unpaired) electrons. The largest absolute Gasteiger partial charge is 0.383 e. The van der Waals surface area contributed by atoms with Crippen molar-refractivity contribution in [3.8, 4) is 22.4 Å². The fourth-order valence-electron chi connectivity index (χ4n) is 4.47. The lowest BCUT2D eigenvalue weighted by Crippen LogP contribution is -2.30. The zero-order chi connectivity index (χ0) is 26.5. The van der Waals surface area contributed by atoms with Crippen LogP contribution in [0.3, 0.4) is 0 Å². The fraction of sp³-hybridized carbons (Fsp3) is 0.333. The number of Topliss-reactive ketones (excluding diaryl/α,β-unsaturated/α-hetero) is 1. The van der Waals surface area contributed by atoms with E-state index >= 15 is 0 Å². The number of anilines is 1. The number of nitrogens with two attached hydrogens (primary N) is 1. The number of aromatic amines is 1. The number of fused-ring (bicyclic) bond motifs is 1. The summed E-state index contributed by atoms with van der Waals surface area (Å²) in [5, 5.41) is 4.43. The number of carbonyl (C=O) groups is 2. The molecule has 10 nitrogen and oxygen atoms in total. The minimum absolute atomic E-state index is 0.0974. The van der Waals surface area contributed by atoms with Crippen molar-refractivity contribution in [2.24, 2.45) is 0 Å². The Kier molecular flexibility index (Phi) is 7.88. The molecular weight excluding hydrogens is 470 g/mol. The van der Waals surface area contributed by atoms with Crippen molar-refractivity contribution in [1.29, 1.82) is 0 Å². The molecule has 37 heavy (non-hydrogen) atoms. The Hall–Kier alpha value is -4.18. The Morgan fingerprint density at radius 2 is 1.86 bits per heavy atom. The number of hydrogen-bond acceptors (Lipinski definition) is 8. The van der Waals surface area contributed by atoms with Gasteiger partial charge in [-0.2, -0.15) is 9.61 Å². The first-order valence-corrected chi connectivity index (χ1v) is 12.3. The monoisotopic (exact) mass is 501 g/mol. The van der Waals surface area contributed by atoms with Crippen LogP contribution < -0.4 is 11.3 Å². The normalized spacial score (nSPS) is 14.2. The number of rotatable bonds is 5. The van der Waals surface area contributed by atoms with E-state index in [-0.39, 0.29) is 17.3 Å². The maximum atomic E-state index is 12.5. The number of likely N-dealkylation sites (tertiary alicyclic amines) is 1. The predicted molar refractivity (Wildman–Crippen MR) is 143 cm³/mol. The minimum atomic E-state index is -0.157. The average Bonchev–Trinajstić information content (AvgIpc) is 3.34. The van der Waals surface area contributed by atoms with Gasteiger partial charge in [0.15, 0.2) is 11.4 Å². The van der Waals surface area contributed by atoms with Crippen molar-refractivity contribution in [3.05, 3.63) is 64.5 Å². The molecule has 0 aromatic carbocycles. The van der Waals surface area contributed by atoms with Gasteiger partial charge < -0.3 is 20.4 Å². The highest BCUT2D eigenvalue weighted by Crippen LogP contribution is 2.34. The van der Waals surface area contributed by atoms with Crippen LogP contribution in [-0.2, 0) is 4.79 Å². The van der Waals surface area contributed by atoms with Gasteiger partial charge >= 0.3 is 0 Å². The molecule has 3 N–H and O–H groups in total. The lowest BCUT2D eigenvalue weighted by Gasteiger charge is -2.29. The summed E-state index contributed by atoms with van der Waals surface area (Å²) in [5.41, 5.74) is 11.3. The molecule has 0 atom stereocenters. The molecule has 1 aliphatic heterocycles. The van der Waals surface area contributed by atoms with Crippen LogP contribution in [-0.4, -0.2) is 61.7 Å². The molecule has 5 heterocycles. The number of carbonyl (C=O) groups excluding carboxylic acids is 2. The second kappa shape index (κ2) is 11.3. The van der Waals surface area contributed by atoms with E-state index in [0.717, 1.165) is 60.3 Å². The number of nitrogens with one attached hydrogen (secondary N) is 1. The van der Waals surface area contributed by atoms with Gasteiger partial charge in [-0.25, -0.2) is 4.98 Å². The molecule has 4 aromatic rings. The molecule has 1 saturated heterocycles. The summed E-state index contributed by atoms with van der Waals surface area (Å²) < 4.78 is 1.54. The van der Waals surface area contributed by atoms with Gasteiger partial charge in [-0.15, -0.1) is 0 Å². The molecule has 5 rings (SSSR count). The van der Waals surface area contributed by atoms with Crippen molar-refractivity contribution in [2.75, 3.05) is 25.9 Å². The second-order valence-corrected chi connectivity index (χ2v) is 9.13. The lowest BCUT2D eigenvalue weighted by molar-refractivity contribution is -0.107. The summed E-state index contributed by atoms with van der Waals surface area (Å²) in [6.45, 7) is 5.25. The number of hydrogen-bond donors (Lipinski definition) is 2. The van der Waals surface area contributed by atoms with E-state index in [0.29, 0.717) is 23.4 Å². The van der Waals surface area contributed by atoms with Crippen molar-refractivity contribution in [3.63, 3.8) is 0 Å². The maximum absolute atomic E-state index is 12.5. The third-order valence-electron chi connectivity index (χ3n) is 6.49.